The highest BCUT2D eigenvalue weighted by atomic mass is 32.2. The van der Waals surface area contributed by atoms with Crippen molar-refractivity contribution in [2.24, 2.45) is 5.92 Å². The molecular formula is C28H32N2O5S. The van der Waals surface area contributed by atoms with Crippen molar-refractivity contribution < 1.29 is 22.7 Å². The second-order valence-corrected chi connectivity index (χ2v) is 10.9. The first-order valence-electron chi connectivity index (χ1n) is 11.9. The van der Waals surface area contributed by atoms with E-state index in [-0.39, 0.29) is 28.6 Å². The van der Waals surface area contributed by atoms with Crippen LogP contribution in [0, 0.1) is 19.8 Å². The molecule has 7 nitrogen and oxygen atoms in total. The Bertz CT molecular complexity index is 1360. The molecule has 0 aliphatic carbocycles. The van der Waals surface area contributed by atoms with E-state index in [1.807, 2.05) is 55.1 Å². The number of hydrogen-bond donors (Lipinski definition) is 1. The van der Waals surface area contributed by atoms with Gasteiger partial charge in [0.25, 0.3) is 15.9 Å². The van der Waals surface area contributed by atoms with Crippen LogP contribution in [0.3, 0.4) is 0 Å². The number of sulfonamides is 1. The largest absolute Gasteiger partial charge is 0.495 e. The van der Waals surface area contributed by atoms with Gasteiger partial charge in [-0.3, -0.25) is 9.52 Å². The standard InChI is InChI=1S/C28H32N2O5S/c1-19-12-13-20(2)24(14-19)28(31)30-17-22(26(18-30)35-4)15-21-8-7-9-23(16-21)29-36(32,33)27-11-6-5-10-25(27)34-3/h5-14,16,22,26,29H,15,17-18H2,1-4H3. The number of likely N-dealkylation sites (tertiary alicyclic amines) is 1. The van der Waals surface area contributed by atoms with E-state index in [0.29, 0.717) is 25.2 Å². The molecule has 1 heterocycles. The Kier molecular flexibility index (Phi) is 7.66. The van der Waals surface area contributed by atoms with E-state index in [1.54, 1.807) is 31.4 Å². The number of ether oxygens (including phenoxy) is 2. The zero-order valence-corrected chi connectivity index (χ0v) is 21.8. The number of carbonyl (C=O) groups is 1. The van der Waals surface area contributed by atoms with Crippen LogP contribution in [0.5, 0.6) is 5.75 Å². The van der Waals surface area contributed by atoms with Gasteiger partial charge in [0, 0.05) is 37.4 Å². The molecule has 0 aromatic heterocycles. The van der Waals surface area contributed by atoms with Crippen LogP contribution in [-0.2, 0) is 21.2 Å². The molecule has 1 aliphatic heterocycles. The topological polar surface area (TPSA) is 84.9 Å². The molecule has 2 atom stereocenters. The summed E-state index contributed by atoms with van der Waals surface area (Å²) >= 11 is 0. The lowest BCUT2D eigenvalue weighted by atomic mass is 9.96. The molecule has 3 aromatic carbocycles. The van der Waals surface area contributed by atoms with Gasteiger partial charge < -0.3 is 14.4 Å². The molecule has 8 heteroatoms. The number of methoxy groups -OCH3 is 2. The SMILES string of the molecule is COc1ccccc1S(=O)(=O)Nc1cccc(CC2CN(C(=O)c3cc(C)ccc3C)CC2OC)c1. The summed E-state index contributed by atoms with van der Waals surface area (Å²) in [6.07, 6.45) is 0.548. The minimum absolute atomic E-state index is 0.0130. The molecule has 1 amide bonds. The molecule has 0 bridgehead atoms. The van der Waals surface area contributed by atoms with Crippen LogP contribution in [0.2, 0.25) is 0 Å². The minimum atomic E-state index is -3.83. The van der Waals surface area contributed by atoms with Gasteiger partial charge in [0.2, 0.25) is 0 Å². The first-order chi connectivity index (χ1) is 17.2. The maximum atomic E-state index is 13.3. The highest BCUT2D eigenvalue weighted by Gasteiger charge is 2.36. The van der Waals surface area contributed by atoms with E-state index < -0.39 is 10.0 Å². The van der Waals surface area contributed by atoms with Crippen LogP contribution in [0.15, 0.2) is 71.6 Å². The summed E-state index contributed by atoms with van der Waals surface area (Å²) in [6.45, 7) is 5.02. The number of anilines is 1. The number of para-hydroxylation sites is 1. The molecule has 36 heavy (non-hydrogen) atoms. The van der Waals surface area contributed by atoms with E-state index in [4.69, 9.17) is 9.47 Å². The lowest BCUT2D eigenvalue weighted by Crippen LogP contribution is -2.30. The summed E-state index contributed by atoms with van der Waals surface area (Å²) < 4.78 is 39.6. The van der Waals surface area contributed by atoms with E-state index in [1.165, 1.54) is 13.2 Å². The molecule has 4 rings (SSSR count). The van der Waals surface area contributed by atoms with Crippen LogP contribution in [0.4, 0.5) is 5.69 Å². The maximum absolute atomic E-state index is 13.3. The molecule has 190 valence electrons. The fourth-order valence-corrected chi connectivity index (χ4v) is 5.94. The van der Waals surface area contributed by atoms with E-state index in [2.05, 4.69) is 4.72 Å². The highest BCUT2D eigenvalue weighted by molar-refractivity contribution is 7.92. The minimum Gasteiger partial charge on any atom is -0.495 e. The molecule has 1 fully saturated rings. The summed E-state index contributed by atoms with van der Waals surface area (Å²) in [4.78, 5) is 15.2. The number of nitrogens with zero attached hydrogens (tertiary/aromatic N) is 1. The molecule has 2 unspecified atom stereocenters. The Morgan fingerprint density at radius 3 is 2.53 bits per heavy atom. The third-order valence-corrected chi connectivity index (χ3v) is 8.05. The monoisotopic (exact) mass is 508 g/mol. The number of nitrogens with one attached hydrogen (secondary N) is 1. The van der Waals surface area contributed by atoms with Gasteiger partial charge >= 0.3 is 0 Å². The third-order valence-electron chi connectivity index (χ3n) is 6.63. The van der Waals surface area contributed by atoms with Gasteiger partial charge in [0.05, 0.1) is 13.2 Å². The Balaban J connectivity index is 1.49. The average Bonchev–Trinajstić information content (AvgIpc) is 3.27. The fraction of sp³-hybridized carbons (Fsp3) is 0.321. The molecule has 0 spiro atoms. The first kappa shape index (κ1) is 25.7. The van der Waals surface area contributed by atoms with Crippen LogP contribution in [0.25, 0.3) is 0 Å². The molecule has 0 saturated carbocycles. The van der Waals surface area contributed by atoms with Gasteiger partial charge in [-0.05, 0) is 61.7 Å². The van der Waals surface area contributed by atoms with Gasteiger partial charge in [-0.2, -0.15) is 0 Å². The van der Waals surface area contributed by atoms with Crippen molar-refractivity contribution in [1.29, 1.82) is 0 Å². The van der Waals surface area contributed by atoms with Gasteiger partial charge in [0.1, 0.15) is 10.6 Å². The van der Waals surface area contributed by atoms with Crippen molar-refractivity contribution >= 4 is 21.6 Å². The molecule has 1 N–H and O–H groups in total. The number of hydrogen-bond acceptors (Lipinski definition) is 5. The first-order valence-corrected chi connectivity index (χ1v) is 13.3. The molecule has 1 saturated heterocycles. The number of benzene rings is 3. The zero-order chi connectivity index (χ0) is 25.9. The maximum Gasteiger partial charge on any atom is 0.265 e. The summed E-state index contributed by atoms with van der Waals surface area (Å²) in [5.74, 6) is 0.382. The Morgan fingerprint density at radius 2 is 1.78 bits per heavy atom. The van der Waals surface area contributed by atoms with Gasteiger partial charge in [0.15, 0.2) is 0 Å². The quantitative estimate of drug-likeness (QED) is 0.486. The average molecular weight is 509 g/mol. The van der Waals surface area contributed by atoms with Crippen LogP contribution < -0.4 is 9.46 Å². The van der Waals surface area contributed by atoms with Crippen LogP contribution in [-0.4, -0.2) is 52.6 Å². The second kappa shape index (κ2) is 10.7. The Morgan fingerprint density at radius 1 is 1.00 bits per heavy atom. The Labute approximate surface area is 213 Å². The van der Waals surface area contributed by atoms with Crippen molar-refractivity contribution in [2.45, 2.75) is 31.3 Å². The lowest BCUT2D eigenvalue weighted by Gasteiger charge is -2.18. The van der Waals surface area contributed by atoms with E-state index in [0.717, 1.165) is 22.3 Å². The van der Waals surface area contributed by atoms with Gasteiger partial charge in [-0.25, -0.2) is 8.42 Å². The zero-order valence-electron chi connectivity index (χ0n) is 21.0. The summed E-state index contributed by atoms with van der Waals surface area (Å²) in [6, 6.07) is 19.7. The third kappa shape index (κ3) is 5.55. The predicted molar refractivity (Wildman–Crippen MR) is 140 cm³/mol. The van der Waals surface area contributed by atoms with Crippen molar-refractivity contribution in [3.8, 4) is 5.75 Å². The van der Waals surface area contributed by atoms with Crippen molar-refractivity contribution in [3.63, 3.8) is 0 Å². The van der Waals surface area contributed by atoms with Crippen molar-refractivity contribution in [1.82, 2.24) is 4.90 Å². The van der Waals surface area contributed by atoms with E-state index in [9.17, 15) is 13.2 Å². The lowest BCUT2D eigenvalue weighted by molar-refractivity contribution is 0.0679. The number of aryl methyl sites for hydroxylation is 2. The number of rotatable bonds is 8. The summed E-state index contributed by atoms with van der Waals surface area (Å²) in [5.41, 5.74) is 4.16. The molecular weight excluding hydrogens is 476 g/mol. The van der Waals surface area contributed by atoms with Crippen LogP contribution >= 0.6 is 0 Å². The number of amides is 1. The Hall–Kier alpha value is -3.36. The normalized spacial score (nSPS) is 17.7. The van der Waals surface area contributed by atoms with Gasteiger partial charge in [-0.1, -0.05) is 42.0 Å². The second-order valence-electron chi connectivity index (χ2n) is 9.22. The summed E-state index contributed by atoms with van der Waals surface area (Å²) in [7, 11) is -0.717. The molecule has 1 aliphatic rings. The van der Waals surface area contributed by atoms with Crippen LogP contribution in [0.1, 0.15) is 27.0 Å². The smallest absolute Gasteiger partial charge is 0.265 e. The van der Waals surface area contributed by atoms with Gasteiger partial charge in [-0.15, -0.1) is 0 Å². The fourth-order valence-electron chi connectivity index (χ4n) is 4.72. The summed E-state index contributed by atoms with van der Waals surface area (Å²) in [5, 5.41) is 0. The van der Waals surface area contributed by atoms with E-state index >= 15 is 0 Å². The van der Waals surface area contributed by atoms with Crippen molar-refractivity contribution in [2.75, 3.05) is 32.0 Å². The molecule has 0 radical (unpaired) electrons. The highest BCUT2D eigenvalue weighted by Crippen LogP contribution is 2.29. The van der Waals surface area contributed by atoms with Crippen molar-refractivity contribution in [3.05, 3.63) is 89.0 Å². The predicted octanol–water partition coefficient (Wildman–Crippen LogP) is 4.44. The molecule has 3 aromatic rings. The number of carbonyl (C=O) groups excluding carboxylic acids is 1.